The smallest absolute Gasteiger partial charge is 0.251 e. The number of thiazole rings is 1. The monoisotopic (exact) mass is 531 g/mol. The van der Waals surface area contributed by atoms with Crippen molar-refractivity contribution >= 4 is 37.5 Å². The first-order valence-corrected chi connectivity index (χ1v) is 13.7. The molecule has 192 valence electrons. The molecular weight excluding hydrogens is 502 g/mol. The highest BCUT2D eigenvalue weighted by Crippen LogP contribution is 2.35. The summed E-state index contributed by atoms with van der Waals surface area (Å²) in [5, 5.41) is 0. The van der Waals surface area contributed by atoms with Crippen LogP contribution in [0.2, 0.25) is 0 Å². The van der Waals surface area contributed by atoms with E-state index in [0.29, 0.717) is 41.4 Å². The van der Waals surface area contributed by atoms with Crippen LogP contribution in [0.4, 0.5) is 0 Å². The summed E-state index contributed by atoms with van der Waals surface area (Å²) in [5.74, 6) is 1.27. The van der Waals surface area contributed by atoms with Crippen LogP contribution >= 0.6 is 11.3 Å². The van der Waals surface area contributed by atoms with Gasteiger partial charge in [-0.15, -0.1) is 6.58 Å². The van der Waals surface area contributed by atoms with Crippen LogP contribution in [-0.4, -0.2) is 57.6 Å². The van der Waals surface area contributed by atoms with Crippen LogP contribution in [0.15, 0.2) is 58.9 Å². The van der Waals surface area contributed by atoms with Gasteiger partial charge in [-0.1, -0.05) is 17.4 Å². The second kappa shape index (κ2) is 10.9. The highest BCUT2D eigenvalue weighted by molar-refractivity contribution is 7.89. The fourth-order valence-electron chi connectivity index (χ4n) is 4.26. The molecule has 1 aliphatic heterocycles. The molecular formula is C25H29N3O6S2. The Hall–Kier alpha value is -3.15. The van der Waals surface area contributed by atoms with Crippen LogP contribution in [0.25, 0.3) is 10.2 Å². The minimum atomic E-state index is -3.65. The summed E-state index contributed by atoms with van der Waals surface area (Å²) in [7, 11) is 1.06. The number of rotatable bonds is 8. The van der Waals surface area contributed by atoms with Crippen LogP contribution < -0.4 is 19.0 Å². The third-order valence-electron chi connectivity index (χ3n) is 6.21. The predicted octanol–water partition coefficient (Wildman–Crippen LogP) is 3.44. The Labute approximate surface area is 214 Å². The van der Waals surface area contributed by atoms with Crippen LogP contribution in [0.3, 0.4) is 0 Å². The number of hydrogen-bond donors (Lipinski definition) is 0. The summed E-state index contributed by atoms with van der Waals surface area (Å²) < 4.78 is 46.4. The van der Waals surface area contributed by atoms with E-state index in [1.165, 1.54) is 34.9 Å². The van der Waals surface area contributed by atoms with Gasteiger partial charge >= 0.3 is 0 Å². The zero-order chi connectivity index (χ0) is 25.9. The van der Waals surface area contributed by atoms with Crippen molar-refractivity contribution in [3.63, 3.8) is 0 Å². The number of carbonyl (C=O) groups excluding carboxylic acids is 1. The molecule has 0 atom stereocenters. The van der Waals surface area contributed by atoms with Crippen LogP contribution in [0.1, 0.15) is 12.8 Å². The van der Waals surface area contributed by atoms with Crippen molar-refractivity contribution in [3.05, 3.63) is 53.9 Å². The predicted molar refractivity (Wildman–Crippen MR) is 138 cm³/mol. The summed E-state index contributed by atoms with van der Waals surface area (Å²) in [6.45, 7) is 4.77. The number of amides is 1. The Balaban J connectivity index is 1.57. The SMILES string of the molecule is C=CCn1c(=NC(=O)C2CCN(S(=O)(=O)c3ccc(OC)cc3)CC2)sc2c(OC)ccc(OC)c21. The Morgan fingerprint density at radius 2 is 1.69 bits per heavy atom. The van der Waals surface area contributed by atoms with Gasteiger partial charge in [0, 0.05) is 25.6 Å². The summed E-state index contributed by atoms with van der Waals surface area (Å²) >= 11 is 1.35. The first-order valence-electron chi connectivity index (χ1n) is 11.4. The van der Waals surface area contributed by atoms with Gasteiger partial charge in [0.1, 0.15) is 27.5 Å². The van der Waals surface area contributed by atoms with Crippen LogP contribution in [0.5, 0.6) is 17.2 Å². The van der Waals surface area contributed by atoms with E-state index in [1.807, 2.05) is 16.7 Å². The Bertz CT molecular complexity index is 1430. The van der Waals surface area contributed by atoms with Gasteiger partial charge in [-0.05, 0) is 49.2 Å². The lowest BCUT2D eigenvalue weighted by atomic mass is 9.98. The largest absolute Gasteiger partial charge is 0.497 e. The third kappa shape index (κ3) is 4.91. The lowest BCUT2D eigenvalue weighted by Gasteiger charge is -2.29. The molecule has 11 heteroatoms. The Morgan fingerprint density at radius 3 is 2.28 bits per heavy atom. The Morgan fingerprint density at radius 1 is 1.06 bits per heavy atom. The number of piperidine rings is 1. The summed E-state index contributed by atoms with van der Waals surface area (Å²) in [5.41, 5.74) is 0.786. The molecule has 0 aliphatic carbocycles. The average molecular weight is 532 g/mol. The average Bonchev–Trinajstić information content (AvgIpc) is 3.26. The van der Waals surface area contributed by atoms with Crippen molar-refractivity contribution in [2.45, 2.75) is 24.3 Å². The number of fused-ring (bicyclic) bond motifs is 1. The molecule has 0 unspecified atom stereocenters. The van der Waals surface area contributed by atoms with Gasteiger partial charge < -0.3 is 18.8 Å². The normalized spacial score (nSPS) is 15.7. The molecule has 1 aliphatic rings. The number of ether oxygens (including phenoxy) is 3. The van der Waals surface area contributed by atoms with Crippen molar-refractivity contribution in [1.29, 1.82) is 0 Å². The number of allylic oxidation sites excluding steroid dienone is 1. The van der Waals surface area contributed by atoms with E-state index in [-0.39, 0.29) is 29.8 Å². The summed E-state index contributed by atoms with van der Waals surface area (Å²) in [6.07, 6.45) is 2.53. The van der Waals surface area contributed by atoms with Crippen molar-refractivity contribution < 1.29 is 27.4 Å². The number of benzene rings is 2. The van der Waals surface area contributed by atoms with Crippen molar-refractivity contribution in [3.8, 4) is 17.2 Å². The fraction of sp³-hybridized carbons (Fsp3) is 0.360. The van der Waals surface area contributed by atoms with Gasteiger partial charge in [0.15, 0.2) is 4.80 Å². The lowest BCUT2D eigenvalue weighted by molar-refractivity contribution is -0.122. The second-order valence-corrected chi connectivity index (χ2v) is 11.2. The van der Waals surface area contributed by atoms with Crippen molar-refractivity contribution in [1.82, 2.24) is 8.87 Å². The molecule has 36 heavy (non-hydrogen) atoms. The molecule has 2 heterocycles. The molecule has 0 bridgehead atoms. The van der Waals surface area contributed by atoms with E-state index in [2.05, 4.69) is 11.6 Å². The second-order valence-electron chi connectivity index (χ2n) is 8.24. The maximum Gasteiger partial charge on any atom is 0.251 e. The molecule has 1 fully saturated rings. The zero-order valence-corrected chi connectivity index (χ0v) is 22.1. The first-order chi connectivity index (χ1) is 17.3. The zero-order valence-electron chi connectivity index (χ0n) is 20.5. The van der Waals surface area contributed by atoms with Gasteiger partial charge in [0.25, 0.3) is 5.91 Å². The summed E-state index contributed by atoms with van der Waals surface area (Å²) in [4.78, 5) is 18.3. The van der Waals surface area contributed by atoms with E-state index >= 15 is 0 Å². The van der Waals surface area contributed by atoms with E-state index in [4.69, 9.17) is 14.2 Å². The van der Waals surface area contributed by atoms with E-state index in [9.17, 15) is 13.2 Å². The molecule has 4 rings (SSSR count). The molecule has 0 radical (unpaired) electrons. The van der Waals surface area contributed by atoms with Gasteiger partial charge in [-0.25, -0.2) is 8.42 Å². The Kier molecular flexibility index (Phi) is 7.82. The molecule has 1 saturated heterocycles. The highest BCUT2D eigenvalue weighted by Gasteiger charge is 2.32. The maximum atomic E-state index is 13.2. The van der Waals surface area contributed by atoms with Crippen LogP contribution in [0, 0.1) is 5.92 Å². The molecule has 2 aromatic carbocycles. The molecule has 1 amide bonds. The molecule has 0 N–H and O–H groups in total. The van der Waals surface area contributed by atoms with Gasteiger partial charge in [0.2, 0.25) is 10.0 Å². The number of methoxy groups -OCH3 is 3. The third-order valence-corrected chi connectivity index (χ3v) is 9.22. The molecule has 1 aromatic heterocycles. The highest BCUT2D eigenvalue weighted by atomic mass is 32.2. The summed E-state index contributed by atoms with van der Waals surface area (Å²) in [6, 6.07) is 9.94. The number of carbonyl (C=O) groups is 1. The minimum absolute atomic E-state index is 0.205. The van der Waals surface area contributed by atoms with Crippen molar-refractivity contribution in [2.75, 3.05) is 34.4 Å². The number of hydrogen-bond acceptors (Lipinski definition) is 7. The lowest BCUT2D eigenvalue weighted by Crippen LogP contribution is -2.40. The van der Waals surface area contributed by atoms with E-state index in [1.54, 1.807) is 32.4 Å². The van der Waals surface area contributed by atoms with E-state index in [0.717, 1.165) is 10.2 Å². The van der Waals surface area contributed by atoms with Crippen LogP contribution in [-0.2, 0) is 21.4 Å². The van der Waals surface area contributed by atoms with Gasteiger partial charge in [-0.2, -0.15) is 9.30 Å². The molecule has 0 saturated carbocycles. The number of aromatic nitrogens is 1. The minimum Gasteiger partial charge on any atom is -0.497 e. The van der Waals surface area contributed by atoms with Gasteiger partial charge in [0.05, 0.1) is 26.2 Å². The quantitative estimate of drug-likeness (QED) is 0.413. The molecule has 3 aromatic rings. The van der Waals surface area contributed by atoms with Crippen molar-refractivity contribution in [2.24, 2.45) is 10.9 Å². The fourth-order valence-corrected chi connectivity index (χ4v) is 6.89. The topological polar surface area (TPSA) is 99.4 Å². The number of sulfonamides is 1. The molecule has 0 spiro atoms. The van der Waals surface area contributed by atoms with E-state index < -0.39 is 10.0 Å². The van der Waals surface area contributed by atoms with Gasteiger partial charge in [-0.3, -0.25) is 4.79 Å². The standard InChI is InChI=1S/C25H29N3O6S2/c1-5-14-28-22-20(33-3)10-11-21(34-4)23(22)35-25(28)26-24(29)17-12-15-27(16-13-17)36(30,31)19-8-6-18(32-2)7-9-19/h5-11,17H,1,12-16H2,2-4H3. The first kappa shape index (κ1) is 25.9. The number of nitrogens with zero attached hydrogens (tertiary/aromatic N) is 3. The maximum absolute atomic E-state index is 13.2. The molecule has 9 nitrogen and oxygen atoms in total.